The maximum absolute atomic E-state index is 13.1. The van der Waals surface area contributed by atoms with E-state index in [1.807, 2.05) is 30.7 Å². The first-order valence-corrected chi connectivity index (χ1v) is 10.3. The molecule has 1 aromatic carbocycles. The number of imidazole rings is 1. The summed E-state index contributed by atoms with van der Waals surface area (Å²) in [6.07, 6.45) is 3.68. The molecule has 166 valence electrons. The van der Waals surface area contributed by atoms with E-state index in [4.69, 9.17) is 0 Å². The maximum atomic E-state index is 13.1. The largest absolute Gasteiger partial charge is 0.368 e. The number of rotatable bonds is 7. The van der Waals surface area contributed by atoms with Crippen molar-refractivity contribution in [2.45, 2.75) is 20.3 Å². The molecule has 0 spiro atoms. The summed E-state index contributed by atoms with van der Waals surface area (Å²) in [5.74, 6) is 1.66. The van der Waals surface area contributed by atoms with Gasteiger partial charge in [-0.2, -0.15) is 0 Å². The first kappa shape index (κ1) is 21.4. The van der Waals surface area contributed by atoms with Gasteiger partial charge in [-0.15, -0.1) is 0 Å². The van der Waals surface area contributed by atoms with Crippen LogP contribution in [0.4, 0.5) is 15.9 Å². The van der Waals surface area contributed by atoms with E-state index in [1.165, 1.54) is 17.0 Å². The Balaban J connectivity index is 1.28. The van der Waals surface area contributed by atoms with Crippen LogP contribution in [0.15, 0.2) is 42.7 Å². The van der Waals surface area contributed by atoms with E-state index in [9.17, 15) is 14.0 Å². The van der Waals surface area contributed by atoms with Crippen LogP contribution < -0.4 is 15.5 Å². The number of halogens is 1. The highest BCUT2D eigenvalue weighted by Crippen LogP contribution is 2.25. The SMILES string of the molecule is Cc1nc(NCCNC(=O)[C@H]2CC(=O)N(c3ccc(F)cc3)C2)cc(-n2ccnc2C)n1. The summed E-state index contributed by atoms with van der Waals surface area (Å²) in [6.45, 7) is 4.83. The van der Waals surface area contributed by atoms with Crippen molar-refractivity contribution in [3.05, 3.63) is 60.2 Å². The summed E-state index contributed by atoms with van der Waals surface area (Å²) in [7, 11) is 0. The highest BCUT2D eigenvalue weighted by Gasteiger charge is 2.34. The first-order chi connectivity index (χ1) is 15.4. The predicted molar refractivity (Wildman–Crippen MR) is 117 cm³/mol. The fraction of sp³-hybridized carbons (Fsp3) is 0.318. The van der Waals surface area contributed by atoms with Crippen molar-refractivity contribution >= 4 is 23.3 Å². The van der Waals surface area contributed by atoms with Gasteiger partial charge in [-0.05, 0) is 38.1 Å². The Hall–Kier alpha value is -3.82. The lowest BCUT2D eigenvalue weighted by atomic mass is 10.1. The lowest BCUT2D eigenvalue weighted by molar-refractivity contribution is -0.126. The Labute approximate surface area is 184 Å². The summed E-state index contributed by atoms with van der Waals surface area (Å²) in [6, 6.07) is 7.51. The molecule has 9 nitrogen and oxygen atoms in total. The number of carbonyl (C=O) groups is 2. The molecule has 0 bridgehead atoms. The van der Waals surface area contributed by atoms with E-state index in [2.05, 4.69) is 25.6 Å². The van der Waals surface area contributed by atoms with Crippen molar-refractivity contribution < 1.29 is 14.0 Å². The topological polar surface area (TPSA) is 105 Å². The van der Waals surface area contributed by atoms with E-state index >= 15 is 0 Å². The van der Waals surface area contributed by atoms with Gasteiger partial charge in [0.2, 0.25) is 11.8 Å². The van der Waals surface area contributed by atoms with Gasteiger partial charge in [-0.25, -0.2) is 19.3 Å². The minimum Gasteiger partial charge on any atom is -0.368 e. The van der Waals surface area contributed by atoms with Crippen molar-refractivity contribution in [3.8, 4) is 5.82 Å². The van der Waals surface area contributed by atoms with E-state index < -0.39 is 5.92 Å². The van der Waals surface area contributed by atoms with Gasteiger partial charge < -0.3 is 15.5 Å². The van der Waals surface area contributed by atoms with Crippen LogP contribution in [-0.2, 0) is 9.59 Å². The lowest BCUT2D eigenvalue weighted by Gasteiger charge is -2.16. The second-order valence-electron chi connectivity index (χ2n) is 7.60. The van der Waals surface area contributed by atoms with E-state index in [-0.39, 0.29) is 30.6 Å². The molecule has 2 aromatic heterocycles. The molecule has 2 N–H and O–H groups in total. The fourth-order valence-corrected chi connectivity index (χ4v) is 3.66. The van der Waals surface area contributed by atoms with Gasteiger partial charge in [0, 0.05) is 50.2 Å². The standard InChI is InChI=1S/C22H24FN7O2/c1-14-27-19(12-20(28-14)29-10-9-24-15(29)2)25-7-8-26-22(32)16-11-21(31)30(13-16)18-5-3-17(23)4-6-18/h3-6,9-10,12,16H,7-8,11,13H2,1-2H3,(H,26,32)(H,25,27,28)/t16-/m0/s1. The Morgan fingerprint density at radius 1 is 1.19 bits per heavy atom. The van der Waals surface area contributed by atoms with Crippen molar-refractivity contribution in [2.24, 2.45) is 5.92 Å². The predicted octanol–water partition coefficient (Wildman–Crippen LogP) is 2.00. The highest BCUT2D eigenvalue weighted by molar-refractivity contribution is 6.00. The maximum Gasteiger partial charge on any atom is 0.227 e. The van der Waals surface area contributed by atoms with Crippen LogP contribution in [-0.4, -0.2) is 51.0 Å². The number of aryl methyl sites for hydroxylation is 2. The van der Waals surface area contributed by atoms with Crippen LogP contribution in [0.25, 0.3) is 5.82 Å². The lowest BCUT2D eigenvalue weighted by Crippen LogP contribution is -2.35. The zero-order valence-corrected chi connectivity index (χ0v) is 17.9. The number of aromatic nitrogens is 4. The minimum absolute atomic E-state index is 0.134. The van der Waals surface area contributed by atoms with Gasteiger partial charge >= 0.3 is 0 Å². The Bertz CT molecular complexity index is 1130. The number of carbonyl (C=O) groups excluding carboxylic acids is 2. The van der Waals surface area contributed by atoms with E-state index in [0.29, 0.717) is 36.2 Å². The second-order valence-corrected chi connectivity index (χ2v) is 7.60. The van der Waals surface area contributed by atoms with E-state index in [0.717, 1.165) is 5.82 Å². The van der Waals surface area contributed by atoms with Gasteiger partial charge in [-0.3, -0.25) is 14.2 Å². The molecular formula is C22H24FN7O2. The smallest absolute Gasteiger partial charge is 0.227 e. The number of nitrogens with one attached hydrogen (secondary N) is 2. The molecule has 0 radical (unpaired) electrons. The van der Waals surface area contributed by atoms with Crippen molar-refractivity contribution in [3.63, 3.8) is 0 Å². The Morgan fingerprint density at radius 3 is 2.69 bits per heavy atom. The van der Waals surface area contributed by atoms with E-state index in [1.54, 1.807) is 18.3 Å². The third-order valence-corrected chi connectivity index (χ3v) is 5.26. The summed E-state index contributed by atoms with van der Waals surface area (Å²) < 4.78 is 15.0. The molecule has 0 saturated carbocycles. The molecule has 3 heterocycles. The molecule has 32 heavy (non-hydrogen) atoms. The molecule has 1 aliphatic heterocycles. The van der Waals surface area contributed by atoms with Crippen LogP contribution >= 0.6 is 0 Å². The number of hydrogen-bond acceptors (Lipinski definition) is 6. The molecule has 0 unspecified atom stereocenters. The van der Waals surface area contributed by atoms with Crippen LogP contribution in [0.5, 0.6) is 0 Å². The Kier molecular flexibility index (Phi) is 6.11. The summed E-state index contributed by atoms with van der Waals surface area (Å²) >= 11 is 0. The number of amides is 2. The van der Waals surface area contributed by atoms with Gasteiger partial charge in [0.1, 0.15) is 29.1 Å². The summed E-state index contributed by atoms with van der Waals surface area (Å²) in [4.78, 5) is 39.4. The molecule has 1 aliphatic rings. The van der Waals surface area contributed by atoms with Crippen LogP contribution in [0.3, 0.4) is 0 Å². The molecule has 4 rings (SSSR count). The fourth-order valence-electron chi connectivity index (χ4n) is 3.66. The highest BCUT2D eigenvalue weighted by atomic mass is 19.1. The van der Waals surface area contributed by atoms with Gasteiger partial charge in [0.15, 0.2) is 0 Å². The molecule has 3 aromatic rings. The third kappa shape index (κ3) is 4.74. The molecule has 0 aliphatic carbocycles. The number of hydrogen-bond donors (Lipinski definition) is 2. The van der Waals surface area contributed by atoms with Crippen molar-refractivity contribution in [2.75, 3.05) is 29.9 Å². The summed E-state index contributed by atoms with van der Waals surface area (Å²) in [5, 5.41) is 6.05. The molecule has 10 heteroatoms. The average molecular weight is 437 g/mol. The zero-order valence-electron chi connectivity index (χ0n) is 17.9. The molecule has 1 fully saturated rings. The average Bonchev–Trinajstić information content (AvgIpc) is 3.37. The Morgan fingerprint density at radius 2 is 1.97 bits per heavy atom. The summed E-state index contributed by atoms with van der Waals surface area (Å²) in [5.41, 5.74) is 0.594. The van der Waals surface area contributed by atoms with Crippen LogP contribution in [0.1, 0.15) is 18.1 Å². The van der Waals surface area contributed by atoms with Crippen molar-refractivity contribution in [1.82, 2.24) is 24.8 Å². The number of anilines is 2. The molecule has 1 saturated heterocycles. The minimum atomic E-state index is -0.440. The number of nitrogens with zero attached hydrogens (tertiary/aromatic N) is 5. The van der Waals surface area contributed by atoms with Crippen LogP contribution in [0, 0.1) is 25.6 Å². The molecule has 1 atom stereocenters. The second kappa shape index (κ2) is 9.13. The normalized spacial score (nSPS) is 15.8. The van der Waals surface area contributed by atoms with Gasteiger partial charge in [-0.1, -0.05) is 0 Å². The third-order valence-electron chi connectivity index (χ3n) is 5.26. The van der Waals surface area contributed by atoms with Crippen LogP contribution in [0.2, 0.25) is 0 Å². The monoisotopic (exact) mass is 437 g/mol. The molecule has 2 amide bonds. The number of benzene rings is 1. The van der Waals surface area contributed by atoms with Gasteiger partial charge in [0.25, 0.3) is 0 Å². The quantitative estimate of drug-likeness (QED) is 0.548. The van der Waals surface area contributed by atoms with Crippen molar-refractivity contribution in [1.29, 1.82) is 0 Å². The molecular weight excluding hydrogens is 413 g/mol. The zero-order chi connectivity index (χ0) is 22.7. The first-order valence-electron chi connectivity index (χ1n) is 10.3. The van der Waals surface area contributed by atoms with Gasteiger partial charge in [0.05, 0.1) is 5.92 Å².